The van der Waals surface area contributed by atoms with Gasteiger partial charge in [0.1, 0.15) is 11.6 Å². The molecule has 1 heterocycles. The monoisotopic (exact) mass is 343 g/mol. The molecule has 1 aliphatic heterocycles. The lowest BCUT2D eigenvalue weighted by Crippen LogP contribution is -2.23. The molecule has 5 heteroatoms. The molecule has 25 heavy (non-hydrogen) atoms. The van der Waals surface area contributed by atoms with E-state index in [-0.39, 0.29) is 11.7 Å². The average Bonchev–Trinajstić information content (AvgIpc) is 3.00. The number of halogens is 1. The van der Waals surface area contributed by atoms with Gasteiger partial charge in [0.25, 0.3) is 0 Å². The van der Waals surface area contributed by atoms with Crippen molar-refractivity contribution in [1.29, 1.82) is 0 Å². The molecule has 2 atom stereocenters. The van der Waals surface area contributed by atoms with Gasteiger partial charge >= 0.3 is 5.97 Å². The topological polar surface area (TPSA) is 49.8 Å². The van der Waals surface area contributed by atoms with E-state index in [1.54, 1.807) is 19.2 Å². The number of ether oxygens (including phenoxy) is 1. The van der Waals surface area contributed by atoms with Crippen molar-refractivity contribution >= 4 is 5.97 Å². The van der Waals surface area contributed by atoms with Crippen molar-refractivity contribution in [2.24, 2.45) is 5.92 Å². The van der Waals surface area contributed by atoms with Gasteiger partial charge in [-0.25, -0.2) is 4.39 Å². The number of benzene rings is 2. The maximum Gasteiger partial charge on any atom is 0.308 e. The third kappa shape index (κ3) is 3.82. The van der Waals surface area contributed by atoms with Crippen LogP contribution < -0.4 is 4.74 Å². The van der Waals surface area contributed by atoms with Gasteiger partial charge in [-0.15, -0.1) is 0 Å². The number of rotatable bonds is 5. The summed E-state index contributed by atoms with van der Waals surface area (Å²) in [6.45, 7) is 3.63. The molecule has 0 saturated carbocycles. The van der Waals surface area contributed by atoms with Crippen molar-refractivity contribution in [3.8, 4) is 5.75 Å². The Kier molecular flexibility index (Phi) is 5.04. The van der Waals surface area contributed by atoms with E-state index in [9.17, 15) is 14.3 Å². The summed E-state index contributed by atoms with van der Waals surface area (Å²) in [5.74, 6) is -1.13. The summed E-state index contributed by atoms with van der Waals surface area (Å²) < 4.78 is 19.0. The summed E-state index contributed by atoms with van der Waals surface area (Å²) in [6, 6.07) is 12.3. The fraction of sp³-hybridized carbons (Fsp3) is 0.350. The minimum atomic E-state index is -0.840. The number of carbonyl (C=O) groups is 1. The summed E-state index contributed by atoms with van der Waals surface area (Å²) in [6.07, 6.45) is 0. The molecular weight excluding hydrogens is 321 g/mol. The van der Waals surface area contributed by atoms with Crippen LogP contribution in [-0.4, -0.2) is 36.2 Å². The second-order valence-electron chi connectivity index (χ2n) is 6.62. The fourth-order valence-corrected chi connectivity index (χ4v) is 3.56. The van der Waals surface area contributed by atoms with Crippen molar-refractivity contribution < 1.29 is 19.0 Å². The van der Waals surface area contributed by atoms with E-state index in [1.807, 2.05) is 25.1 Å². The molecule has 0 bridgehead atoms. The van der Waals surface area contributed by atoms with Crippen LogP contribution in [0.1, 0.15) is 22.6 Å². The second kappa shape index (κ2) is 7.23. The summed E-state index contributed by atoms with van der Waals surface area (Å²) in [5.41, 5.74) is 2.88. The number of methoxy groups -OCH3 is 1. The number of hydrogen-bond acceptors (Lipinski definition) is 3. The van der Waals surface area contributed by atoms with Crippen LogP contribution in [0.3, 0.4) is 0 Å². The Labute approximate surface area is 146 Å². The Morgan fingerprint density at radius 3 is 2.76 bits per heavy atom. The van der Waals surface area contributed by atoms with Gasteiger partial charge in [0.2, 0.25) is 0 Å². The van der Waals surface area contributed by atoms with Crippen LogP contribution in [0.4, 0.5) is 4.39 Å². The van der Waals surface area contributed by atoms with E-state index >= 15 is 0 Å². The van der Waals surface area contributed by atoms with Crippen molar-refractivity contribution in [1.82, 2.24) is 4.90 Å². The number of aliphatic carboxylic acids is 1. The molecule has 1 fully saturated rings. The summed E-state index contributed by atoms with van der Waals surface area (Å²) >= 11 is 0. The molecule has 2 aromatic rings. The highest BCUT2D eigenvalue weighted by Crippen LogP contribution is 2.35. The van der Waals surface area contributed by atoms with Crippen LogP contribution in [0.5, 0.6) is 5.75 Å². The van der Waals surface area contributed by atoms with Crippen molar-refractivity contribution in [2.45, 2.75) is 19.4 Å². The molecule has 4 nitrogen and oxygen atoms in total. The van der Waals surface area contributed by atoms with E-state index in [0.29, 0.717) is 19.6 Å². The Morgan fingerprint density at radius 2 is 2.08 bits per heavy atom. The zero-order valence-electron chi connectivity index (χ0n) is 14.4. The number of hydrogen-bond donors (Lipinski definition) is 1. The molecule has 2 aromatic carbocycles. The SMILES string of the molecule is COc1cc(C)ccc1CN1C[C@@H](C(=O)O)[C@H](c2cccc(F)c2)C1. The number of aryl methyl sites for hydroxylation is 1. The van der Waals surface area contributed by atoms with E-state index in [2.05, 4.69) is 4.90 Å². The van der Waals surface area contributed by atoms with Gasteiger partial charge in [0.15, 0.2) is 0 Å². The number of likely N-dealkylation sites (tertiary alicyclic amines) is 1. The van der Waals surface area contributed by atoms with Crippen LogP contribution in [0.25, 0.3) is 0 Å². The maximum atomic E-state index is 13.6. The lowest BCUT2D eigenvalue weighted by Gasteiger charge is -2.18. The van der Waals surface area contributed by atoms with Crippen LogP contribution in [0.15, 0.2) is 42.5 Å². The Morgan fingerprint density at radius 1 is 1.28 bits per heavy atom. The van der Waals surface area contributed by atoms with Crippen molar-refractivity contribution in [3.63, 3.8) is 0 Å². The summed E-state index contributed by atoms with van der Waals surface area (Å²) in [5, 5.41) is 9.59. The normalized spacial score (nSPS) is 20.6. The number of carboxylic acid groups (broad SMARTS) is 1. The molecule has 0 unspecified atom stereocenters. The lowest BCUT2D eigenvalue weighted by molar-refractivity contribution is -0.141. The fourth-order valence-electron chi connectivity index (χ4n) is 3.56. The van der Waals surface area contributed by atoms with Gasteiger partial charge in [-0.3, -0.25) is 9.69 Å². The Balaban J connectivity index is 1.82. The van der Waals surface area contributed by atoms with Crippen LogP contribution in [0, 0.1) is 18.7 Å². The Bertz CT molecular complexity index is 777. The van der Waals surface area contributed by atoms with Crippen LogP contribution >= 0.6 is 0 Å². The lowest BCUT2D eigenvalue weighted by atomic mass is 9.89. The molecule has 132 valence electrons. The summed E-state index contributed by atoms with van der Waals surface area (Å²) in [7, 11) is 1.64. The first-order chi connectivity index (χ1) is 12.0. The first-order valence-corrected chi connectivity index (χ1v) is 8.32. The van der Waals surface area contributed by atoms with E-state index in [0.717, 1.165) is 22.4 Å². The number of nitrogens with zero attached hydrogens (tertiary/aromatic N) is 1. The highest BCUT2D eigenvalue weighted by Gasteiger charge is 2.38. The molecule has 0 radical (unpaired) electrons. The smallest absolute Gasteiger partial charge is 0.308 e. The van der Waals surface area contributed by atoms with Gasteiger partial charge in [0, 0.05) is 31.1 Å². The second-order valence-corrected chi connectivity index (χ2v) is 6.62. The molecule has 0 aromatic heterocycles. The molecular formula is C20H22FNO3. The van der Waals surface area contributed by atoms with Gasteiger partial charge in [-0.1, -0.05) is 24.3 Å². The number of carboxylic acids is 1. The maximum absolute atomic E-state index is 13.6. The molecule has 1 saturated heterocycles. The van der Waals surface area contributed by atoms with Crippen molar-refractivity contribution in [2.75, 3.05) is 20.2 Å². The molecule has 0 amide bonds. The zero-order chi connectivity index (χ0) is 18.0. The highest BCUT2D eigenvalue weighted by molar-refractivity contribution is 5.72. The minimum absolute atomic E-state index is 0.218. The zero-order valence-corrected chi connectivity index (χ0v) is 14.4. The predicted octanol–water partition coefficient (Wildman–Crippen LogP) is 3.44. The molecule has 0 aliphatic carbocycles. The van der Waals surface area contributed by atoms with Crippen LogP contribution in [0.2, 0.25) is 0 Å². The van der Waals surface area contributed by atoms with Gasteiger partial charge in [-0.05, 0) is 36.2 Å². The van der Waals surface area contributed by atoms with Gasteiger partial charge in [-0.2, -0.15) is 0 Å². The van der Waals surface area contributed by atoms with Crippen LogP contribution in [-0.2, 0) is 11.3 Å². The molecule has 3 rings (SSSR count). The standard InChI is InChI=1S/C20H22FNO3/c1-13-6-7-15(19(8-13)25-2)10-22-11-17(18(12-22)20(23)24)14-4-3-5-16(21)9-14/h3-9,17-18H,10-12H2,1-2H3,(H,23,24)/t17-,18+/m0/s1. The minimum Gasteiger partial charge on any atom is -0.496 e. The van der Waals surface area contributed by atoms with E-state index in [4.69, 9.17) is 4.74 Å². The van der Waals surface area contributed by atoms with Gasteiger partial charge in [0.05, 0.1) is 13.0 Å². The summed E-state index contributed by atoms with van der Waals surface area (Å²) in [4.78, 5) is 13.8. The quantitative estimate of drug-likeness (QED) is 0.903. The van der Waals surface area contributed by atoms with E-state index < -0.39 is 11.9 Å². The molecule has 1 N–H and O–H groups in total. The molecule has 0 spiro atoms. The first-order valence-electron chi connectivity index (χ1n) is 8.32. The third-order valence-electron chi connectivity index (χ3n) is 4.83. The predicted molar refractivity (Wildman–Crippen MR) is 93.3 cm³/mol. The molecule has 1 aliphatic rings. The largest absolute Gasteiger partial charge is 0.496 e. The third-order valence-corrected chi connectivity index (χ3v) is 4.83. The average molecular weight is 343 g/mol. The van der Waals surface area contributed by atoms with E-state index in [1.165, 1.54) is 12.1 Å². The van der Waals surface area contributed by atoms with Crippen molar-refractivity contribution in [3.05, 3.63) is 65.0 Å². The first kappa shape index (κ1) is 17.4. The highest BCUT2D eigenvalue weighted by atomic mass is 19.1. The Hall–Kier alpha value is -2.40. The van der Waals surface area contributed by atoms with Gasteiger partial charge < -0.3 is 9.84 Å².